The number of hydrogen-bond donors (Lipinski definition) is 1. The monoisotopic (exact) mass is 179 g/mol. The van der Waals surface area contributed by atoms with Crippen molar-refractivity contribution in [3.63, 3.8) is 0 Å². The molecule has 0 aromatic rings. The Balaban J connectivity index is 2.80. The first-order valence-corrected chi connectivity index (χ1v) is 3.46. The number of hydrogen-bond acceptors (Lipinski definition) is 2. The second-order valence-electron chi connectivity index (χ2n) is 0.217. The van der Waals surface area contributed by atoms with Gasteiger partial charge in [-0.3, -0.25) is 0 Å². The number of rotatable bonds is 0. The SMILES string of the molecule is O=[Te]([O-])O. The third-order valence-electron chi connectivity index (χ3n) is 0. The van der Waals surface area contributed by atoms with Gasteiger partial charge < -0.3 is 0 Å². The molecule has 0 rings (SSSR count). The van der Waals surface area contributed by atoms with Crippen molar-refractivity contribution in [1.82, 2.24) is 0 Å². The van der Waals surface area contributed by atoms with E-state index in [0.29, 0.717) is 0 Å². The molecular weight excluding hydrogens is 176 g/mol. The summed E-state index contributed by atoms with van der Waals surface area (Å²) in [5, 5.41) is 0. The summed E-state index contributed by atoms with van der Waals surface area (Å²) in [5.74, 6) is 0. The molecule has 0 heterocycles. The maximum absolute atomic E-state index is 8.70. The standard InChI is InChI=1S/H2O3Te/c1-4(2)3/h(H2,1,2,3)/p-1. The van der Waals surface area contributed by atoms with Crippen LogP contribution in [0.25, 0.3) is 0 Å². The predicted octanol–water partition coefficient (Wildman–Crippen LogP) is -2.25. The van der Waals surface area contributed by atoms with Crippen molar-refractivity contribution in [2.75, 3.05) is 0 Å². The molecule has 0 spiro atoms. The third kappa shape index (κ3) is 22.0. The summed E-state index contributed by atoms with van der Waals surface area (Å²) >= 11 is -3.86. The fourth-order valence-electron chi connectivity index (χ4n) is 0. The third-order valence-corrected chi connectivity index (χ3v) is 0. The van der Waals surface area contributed by atoms with Crippen LogP contribution < -0.4 is 3.47 Å². The van der Waals surface area contributed by atoms with Gasteiger partial charge in [0.25, 0.3) is 0 Å². The first-order valence-electron chi connectivity index (χ1n) is 0.516. The Hall–Kier alpha value is 0.510. The summed E-state index contributed by atoms with van der Waals surface area (Å²) in [6, 6.07) is 0. The average Bonchev–Trinajstić information content (AvgIpc) is 0.811. The van der Waals surface area contributed by atoms with E-state index in [1.165, 1.54) is 0 Å². The molecule has 0 amide bonds. The Bertz CT molecular complexity index is 26.3. The van der Waals surface area contributed by atoms with Gasteiger partial charge in [0.2, 0.25) is 0 Å². The van der Waals surface area contributed by atoms with E-state index in [-0.39, 0.29) is 0 Å². The van der Waals surface area contributed by atoms with Gasteiger partial charge in [-0.2, -0.15) is 0 Å². The van der Waals surface area contributed by atoms with Crippen LogP contribution in [0.3, 0.4) is 0 Å². The summed E-state index contributed by atoms with van der Waals surface area (Å²) in [4.78, 5) is 0. The molecule has 0 aliphatic carbocycles. The minimum atomic E-state index is -3.86. The zero-order valence-corrected chi connectivity index (χ0v) is 4.00. The Morgan fingerprint density at radius 2 is 2.00 bits per heavy atom. The second kappa shape index (κ2) is 1.79. The van der Waals surface area contributed by atoms with Crippen LogP contribution >= 0.6 is 0 Å². The van der Waals surface area contributed by atoms with Gasteiger partial charge in [-0.05, 0) is 0 Å². The van der Waals surface area contributed by atoms with Crippen molar-refractivity contribution in [3.05, 3.63) is 0 Å². The molecule has 0 fully saturated rings. The molecule has 4 heteroatoms. The van der Waals surface area contributed by atoms with E-state index in [0.717, 1.165) is 0 Å². The van der Waals surface area contributed by atoms with Crippen LogP contribution in [0.15, 0.2) is 0 Å². The molecule has 0 aliphatic rings. The van der Waals surface area contributed by atoms with Crippen LogP contribution in [0.5, 0.6) is 0 Å². The fourth-order valence-corrected chi connectivity index (χ4v) is 0. The molecule has 0 saturated carbocycles. The van der Waals surface area contributed by atoms with Crippen LogP contribution in [-0.2, 0) is 3.10 Å². The molecule has 0 unspecified atom stereocenters. The van der Waals surface area contributed by atoms with Gasteiger partial charge in [-0.25, -0.2) is 0 Å². The molecular formula is HO3Te-. The fraction of sp³-hybridized carbons (Fsp3) is 0. The van der Waals surface area contributed by atoms with E-state index < -0.39 is 20.4 Å². The van der Waals surface area contributed by atoms with Gasteiger partial charge in [0.1, 0.15) is 0 Å². The van der Waals surface area contributed by atoms with Gasteiger partial charge in [-0.1, -0.05) is 0 Å². The molecule has 0 saturated heterocycles. The van der Waals surface area contributed by atoms with Crippen LogP contribution in [0.4, 0.5) is 0 Å². The van der Waals surface area contributed by atoms with Gasteiger partial charge in [-0.15, -0.1) is 0 Å². The first kappa shape index (κ1) is 4.51. The molecule has 3 nitrogen and oxygen atoms in total. The van der Waals surface area contributed by atoms with E-state index in [1.54, 1.807) is 0 Å². The Kier molecular flexibility index (Phi) is 2.02. The summed E-state index contributed by atoms with van der Waals surface area (Å²) < 4.78 is 24.5. The van der Waals surface area contributed by atoms with E-state index in [4.69, 9.17) is 10.0 Å². The molecule has 0 radical (unpaired) electrons. The normalized spacial score (nSPS) is 8.75. The molecule has 26 valence electrons. The zero-order valence-electron chi connectivity index (χ0n) is 1.67. The van der Waals surface area contributed by atoms with Crippen molar-refractivity contribution in [1.29, 1.82) is 0 Å². The summed E-state index contributed by atoms with van der Waals surface area (Å²) in [6.45, 7) is 0. The van der Waals surface area contributed by atoms with Gasteiger partial charge in [0.15, 0.2) is 0 Å². The zero-order chi connectivity index (χ0) is 3.58. The van der Waals surface area contributed by atoms with E-state index in [2.05, 4.69) is 0 Å². The molecule has 0 aromatic heterocycles. The first-order chi connectivity index (χ1) is 1.73. The summed E-state index contributed by atoms with van der Waals surface area (Å²) in [5.41, 5.74) is 0. The van der Waals surface area contributed by atoms with Gasteiger partial charge in [0, 0.05) is 0 Å². The van der Waals surface area contributed by atoms with Crippen LogP contribution in [0.1, 0.15) is 0 Å². The Labute approximate surface area is 31.0 Å². The molecule has 0 atom stereocenters. The van der Waals surface area contributed by atoms with Crippen LogP contribution in [-0.4, -0.2) is 23.8 Å². The van der Waals surface area contributed by atoms with Crippen molar-refractivity contribution >= 4 is 20.4 Å². The topological polar surface area (TPSA) is 60.4 Å². The average molecular weight is 177 g/mol. The van der Waals surface area contributed by atoms with Gasteiger partial charge in [0.05, 0.1) is 0 Å². The maximum atomic E-state index is 8.70. The Morgan fingerprint density at radius 1 is 2.00 bits per heavy atom. The van der Waals surface area contributed by atoms with Crippen molar-refractivity contribution < 1.29 is 10.0 Å². The quantitative estimate of drug-likeness (QED) is 0.425. The van der Waals surface area contributed by atoms with Gasteiger partial charge >= 0.3 is 30.4 Å². The van der Waals surface area contributed by atoms with Crippen LogP contribution in [0.2, 0.25) is 0 Å². The molecule has 0 bridgehead atoms. The van der Waals surface area contributed by atoms with Crippen molar-refractivity contribution in [2.45, 2.75) is 0 Å². The molecule has 1 N–H and O–H groups in total. The van der Waals surface area contributed by atoms with Crippen LogP contribution in [0, 0.1) is 0 Å². The Morgan fingerprint density at radius 3 is 2.00 bits per heavy atom. The van der Waals surface area contributed by atoms with E-state index in [9.17, 15) is 0 Å². The molecule has 4 heavy (non-hydrogen) atoms. The van der Waals surface area contributed by atoms with E-state index >= 15 is 0 Å². The predicted molar refractivity (Wildman–Crippen MR) is 8.66 cm³/mol. The minimum absolute atomic E-state index is 3.86. The summed E-state index contributed by atoms with van der Waals surface area (Å²) in [7, 11) is 0. The second-order valence-corrected chi connectivity index (χ2v) is 1.46. The summed E-state index contributed by atoms with van der Waals surface area (Å²) in [6.07, 6.45) is 0. The molecule has 0 aliphatic heterocycles. The molecule has 0 aromatic carbocycles. The van der Waals surface area contributed by atoms with Crippen molar-refractivity contribution in [2.24, 2.45) is 0 Å². The van der Waals surface area contributed by atoms with E-state index in [1.807, 2.05) is 0 Å². The van der Waals surface area contributed by atoms with Crippen molar-refractivity contribution in [3.8, 4) is 0 Å².